The lowest BCUT2D eigenvalue weighted by atomic mass is 9.73. The molecule has 1 saturated heterocycles. The fourth-order valence-electron chi connectivity index (χ4n) is 4.26. The van der Waals surface area contributed by atoms with Crippen LogP contribution in [0.1, 0.15) is 36.4 Å². The average Bonchev–Trinajstić information content (AvgIpc) is 3.20. The first-order valence-corrected chi connectivity index (χ1v) is 10.1. The monoisotopic (exact) mass is 421 g/mol. The van der Waals surface area contributed by atoms with Gasteiger partial charge in [-0.1, -0.05) is 37.3 Å². The number of fused-ring (bicyclic) bond motifs is 1. The summed E-state index contributed by atoms with van der Waals surface area (Å²) in [7, 11) is 0. The lowest BCUT2D eigenvalue weighted by Gasteiger charge is -2.35. The molecule has 4 unspecified atom stereocenters. The number of nitriles is 1. The zero-order valence-corrected chi connectivity index (χ0v) is 16.9. The predicted octanol–water partition coefficient (Wildman–Crippen LogP) is 2.98. The third kappa shape index (κ3) is 3.79. The number of benzene rings is 2. The highest BCUT2D eigenvalue weighted by Crippen LogP contribution is 2.49. The molecule has 0 aromatic heterocycles. The maximum absolute atomic E-state index is 11.7. The topological polar surface area (TPSA) is 135 Å². The van der Waals surface area contributed by atoms with E-state index < -0.39 is 17.1 Å². The van der Waals surface area contributed by atoms with E-state index in [1.165, 1.54) is 6.07 Å². The van der Waals surface area contributed by atoms with Gasteiger partial charge in [0, 0.05) is 23.5 Å². The van der Waals surface area contributed by atoms with Gasteiger partial charge >= 0.3 is 0 Å². The van der Waals surface area contributed by atoms with Crippen molar-refractivity contribution >= 4 is 5.69 Å². The van der Waals surface area contributed by atoms with E-state index in [4.69, 9.17) is 15.2 Å². The first-order valence-electron chi connectivity index (χ1n) is 10.1. The van der Waals surface area contributed by atoms with Crippen LogP contribution in [0.3, 0.4) is 0 Å². The molecular weight excluding hydrogens is 398 g/mol. The fourth-order valence-corrected chi connectivity index (χ4v) is 4.26. The summed E-state index contributed by atoms with van der Waals surface area (Å²) >= 11 is 0. The van der Waals surface area contributed by atoms with Crippen molar-refractivity contribution in [2.24, 2.45) is 11.7 Å². The molecule has 0 aliphatic carbocycles. The van der Waals surface area contributed by atoms with Gasteiger partial charge in [0.15, 0.2) is 6.23 Å². The van der Waals surface area contributed by atoms with E-state index in [2.05, 4.69) is 16.9 Å². The van der Waals surface area contributed by atoms with Crippen LogP contribution in [0.4, 0.5) is 5.69 Å². The molecule has 160 valence electrons. The maximum Gasteiger partial charge on any atom is 0.273 e. The summed E-state index contributed by atoms with van der Waals surface area (Å²) in [4.78, 5) is 11.3. The predicted molar refractivity (Wildman–Crippen MR) is 112 cm³/mol. The molecule has 9 nitrogen and oxygen atoms in total. The Hall–Kier alpha value is -3.61. The van der Waals surface area contributed by atoms with Gasteiger partial charge in [0.25, 0.3) is 5.69 Å². The van der Waals surface area contributed by atoms with E-state index in [1.807, 2.05) is 31.2 Å². The molecule has 4 atom stereocenters. The lowest BCUT2D eigenvalue weighted by Crippen LogP contribution is -2.41. The first-order chi connectivity index (χ1) is 15.0. The summed E-state index contributed by atoms with van der Waals surface area (Å²) in [5.74, 6) is -0.213. The van der Waals surface area contributed by atoms with Gasteiger partial charge in [-0.2, -0.15) is 5.26 Å². The number of ether oxygens (including phenoxy) is 2. The minimum atomic E-state index is -0.617. The Kier molecular flexibility index (Phi) is 5.75. The third-order valence-corrected chi connectivity index (χ3v) is 5.63. The molecule has 2 aliphatic heterocycles. The number of hydrogen-bond donors (Lipinski definition) is 3. The SMILES string of the molecule is CCCOc1ccc(C2NNC3OC(N)=C(C#N)C(c4ccccc4[N+](=O)[O-])C32)cc1. The van der Waals surface area contributed by atoms with Crippen LogP contribution >= 0.6 is 0 Å². The Morgan fingerprint density at radius 3 is 2.65 bits per heavy atom. The van der Waals surface area contributed by atoms with Crippen molar-refractivity contribution in [2.45, 2.75) is 31.5 Å². The number of hydrazine groups is 1. The van der Waals surface area contributed by atoms with Crippen molar-refractivity contribution in [2.75, 3.05) is 6.61 Å². The number of nitrogens with one attached hydrogen (secondary N) is 2. The van der Waals surface area contributed by atoms with Gasteiger partial charge in [0.1, 0.15) is 11.8 Å². The third-order valence-electron chi connectivity index (χ3n) is 5.63. The van der Waals surface area contributed by atoms with Crippen molar-refractivity contribution in [1.29, 1.82) is 5.26 Å². The highest BCUT2D eigenvalue weighted by Gasteiger charge is 2.50. The summed E-state index contributed by atoms with van der Waals surface area (Å²) < 4.78 is 11.4. The molecule has 9 heteroatoms. The molecular formula is C22H23N5O4. The summed E-state index contributed by atoms with van der Waals surface area (Å²) in [6, 6.07) is 15.9. The lowest BCUT2D eigenvalue weighted by molar-refractivity contribution is -0.385. The van der Waals surface area contributed by atoms with Gasteiger partial charge in [-0.25, -0.2) is 10.9 Å². The fraction of sp³-hybridized carbons (Fsp3) is 0.318. The summed E-state index contributed by atoms with van der Waals surface area (Å²) in [6.45, 7) is 2.68. The largest absolute Gasteiger partial charge is 0.494 e. The molecule has 2 aromatic rings. The molecule has 0 spiro atoms. The number of nitro groups is 1. The number of nitro benzene ring substituents is 1. The van der Waals surface area contributed by atoms with E-state index in [9.17, 15) is 15.4 Å². The highest BCUT2D eigenvalue weighted by molar-refractivity contribution is 5.51. The second-order valence-electron chi connectivity index (χ2n) is 7.48. The number of rotatable bonds is 6. The van der Waals surface area contributed by atoms with Gasteiger partial charge in [-0.15, -0.1) is 0 Å². The minimum Gasteiger partial charge on any atom is -0.494 e. The van der Waals surface area contributed by atoms with Crippen LogP contribution in [0.25, 0.3) is 0 Å². The molecule has 4 N–H and O–H groups in total. The quantitative estimate of drug-likeness (QED) is 0.478. The smallest absolute Gasteiger partial charge is 0.273 e. The number of para-hydroxylation sites is 1. The normalized spacial score (nSPS) is 24.8. The van der Waals surface area contributed by atoms with Gasteiger partial charge in [-0.05, 0) is 24.1 Å². The Morgan fingerprint density at radius 2 is 1.97 bits per heavy atom. The van der Waals surface area contributed by atoms with E-state index in [-0.39, 0.29) is 29.1 Å². The Balaban J connectivity index is 1.76. The zero-order valence-electron chi connectivity index (χ0n) is 16.9. The van der Waals surface area contributed by atoms with Crippen LogP contribution in [0.5, 0.6) is 5.75 Å². The standard InChI is InChI=1S/C22H23N5O4/c1-2-11-30-14-9-7-13(8-10-14)20-19-18(15-5-3-4-6-17(15)27(28)29)16(12-23)21(24)31-22(19)26-25-20/h3-10,18-20,22,25-26H,2,11,24H2,1H3. The van der Waals surface area contributed by atoms with Gasteiger partial charge < -0.3 is 15.2 Å². The summed E-state index contributed by atoms with van der Waals surface area (Å²) in [5.41, 5.74) is 13.8. The first kappa shape index (κ1) is 20.7. The molecule has 31 heavy (non-hydrogen) atoms. The van der Waals surface area contributed by atoms with Gasteiger partial charge in [0.05, 0.1) is 23.1 Å². The Bertz CT molecular complexity index is 1050. The molecule has 0 radical (unpaired) electrons. The second-order valence-corrected chi connectivity index (χ2v) is 7.48. The molecule has 4 rings (SSSR count). The van der Waals surface area contributed by atoms with Crippen LogP contribution in [0.15, 0.2) is 60.0 Å². The van der Waals surface area contributed by atoms with Crippen LogP contribution < -0.4 is 21.3 Å². The second kappa shape index (κ2) is 8.63. The van der Waals surface area contributed by atoms with Gasteiger partial charge in [0.2, 0.25) is 5.88 Å². The molecule has 2 heterocycles. The van der Waals surface area contributed by atoms with E-state index in [0.717, 1.165) is 17.7 Å². The zero-order chi connectivity index (χ0) is 22.0. The van der Waals surface area contributed by atoms with E-state index in [1.54, 1.807) is 18.2 Å². The van der Waals surface area contributed by atoms with Crippen LogP contribution in [-0.2, 0) is 4.74 Å². The van der Waals surface area contributed by atoms with Crippen molar-refractivity contribution in [3.05, 3.63) is 81.2 Å². The average molecular weight is 421 g/mol. The number of nitrogens with two attached hydrogens (primary N) is 1. The minimum absolute atomic E-state index is 0.0230. The number of nitrogens with zero attached hydrogens (tertiary/aromatic N) is 2. The van der Waals surface area contributed by atoms with E-state index >= 15 is 0 Å². The molecule has 2 aromatic carbocycles. The van der Waals surface area contributed by atoms with Gasteiger partial charge in [-0.3, -0.25) is 10.1 Å². The number of allylic oxidation sites excluding steroid dienone is 1. The highest BCUT2D eigenvalue weighted by atomic mass is 16.6. The van der Waals surface area contributed by atoms with E-state index in [0.29, 0.717) is 12.2 Å². The molecule has 0 amide bonds. The van der Waals surface area contributed by atoms with Crippen LogP contribution in [0.2, 0.25) is 0 Å². The van der Waals surface area contributed by atoms with Crippen molar-refractivity contribution < 1.29 is 14.4 Å². The molecule has 0 bridgehead atoms. The van der Waals surface area contributed by atoms with Crippen LogP contribution in [-0.4, -0.2) is 17.8 Å². The van der Waals surface area contributed by atoms with Crippen molar-refractivity contribution in [3.63, 3.8) is 0 Å². The van der Waals surface area contributed by atoms with Crippen molar-refractivity contribution in [1.82, 2.24) is 10.9 Å². The maximum atomic E-state index is 11.7. The summed E-state index contributed by atoms with van der Waals surface area (Å²) in [5, 5.41) is 21.5. The number of hydrogen-bond acceptors (Lipinski definition) is 8. The Morgan fingerprint density at radius 1 is 1.23 bits per heavy atom. The van der Waals surface area contributed by atoms with Crippen molar-refractivity contribution in [3.8, 4) is 11.8 Å². The molecule has 0 saturated carbocycles. The van der Waals surface area contributed by atoms with Crippen LogP contribution in [0, 0.1) is 27.4 Å². The Labute approximate surface area is 179 Å². The molecule has 2 aliphatic rings. The molecule has 1 fully saturated rings. The summed E-state index contributed by atoms with van der Waals surface area (Å²) in [6.07, 6.45) is 0.363.